The molecular formula is C20H25NO2. The summed E-state index contributed by atoms with van der Waals surface area (Å²) in [6.07, 6.45) is 3.97. The van der Waals surface area contributed by atoms with Gasteiger partial charge in [0.15, 0.2) is 0 Å². The highest BCUT2D eigenvalue weighted by atomic mass is 16.3. The number of piperidine rings is 1. The number of hydrogen-bond donors (Lipinski definition) is 2. The van der Waals surface area contributed by atoms with Gasteiger partial charge in [-0.05, 0) is 61.7 Å². The molecule has 0 amide bonds. The fourth-order valence-electron chi connectivity index (χ4n) is 3.36. The van der Waals surface area contributed by atoms with E-state index in [-0.39, 0.29) is 12.4 Å². The van der Waals surface area contributed by atoms with Crippen LogP contribution in [0.3, 0.4) is 0 Å². The lowest BCUT2D eigenvalue weighted by Gasteiger charge is -2.32. The Kier molecular flexibility index (Phi) is 4.99. The van der Waals surface area contributed by atoms with E-state index in [1.54, 1.807) is 6.07 Å². The monoisotopic (exact) mass is 311 g/mol. The van der Waals surface area contributed by atoms with E-state index in [0.717, 1.165) is 11.1 Å². The number of hydrogen-bond acceptors (Lipinski definition) is 3. The predicted molar refractivity (Wildman–Crippen MR) is 93.3 cm³/mol. The Morgan fingerprint density at radius 3 is 2.26 bits per heavy atom. The van der Waals surface area contributed by atoms with Crippen molar-refractivity contribution in [1.29, 1.82) is 0 Å². The first-order chi connectivity index (χ1) is 11.2. The van der Waals surface area contributed by atoms with Crippen LogP contribution in [0.5, 0.6) is 5.75 Å². The SMILES string of the molecule is C[C@H](c1ccc(-c2ccc(O)c(CO)c2)cc1)N1CCCCC1. The van der Waals surface area contributed by atoms with Crippen molar-refractivity contribution in [3.05, 3.63) is 53.6 Å². The maximum absolute atomic E-state index is 9.68. The van der Waals surface area contributed by atoms with Crippen molar-refractivity contribution in [3.8, 4) is 16.9 Å². The van der Waals surface area contributed by atoms with Gasteiger partial charge in [-0.3, -0.25) is 4.90 Å². The van der Waals surface area contributed by atoms with Crippen molar-refractivity contribution < 1.29 is 10.2 Å². The topological polar surface area (TPSA) is 43.7 Å². The minimum atomic E-state index is -0.149. The molecule has 2 aromatic carbocycles. The summed E-state index contributed by atoms with van der Waals surface area (Å²) >= 11 is 0. The second kappa shape index (κ2) is 7.16. The van der Waals surface area contributed by atoms with Crippen molar-refractivity contribution in [2.45, 2.75) is 38.8 Å². The predicted octanol–water partition coefficient (Wildman–Crippen LogP) is 4.10. The van der Waals surface area contributed by atoms with E-state index in [9.17, 15) is 10.2 Å². The van der Waals surface area contributed by atoms with Crippen molar-refractivity contribution >= 4 is 0 Å². The molecule has 0 aliphatic carbocycles. The molecule has 2 N–H and O–H groups in total. The van der Waals surface area contributed by atoms with E-state index < -0.39 is 0 Å². The molecule has 3 heteroatoms. The van der Waals surface area contributed by atoms with Gasteiger partial charge in [-0.1, -0.05) is 36.8 Å². The van der Waals surface area contributed by atoms with E-state index >= 15 is 0 Å². The Morgan fingerprint density at radius 2 is 1.61 bits per heavy atom. The maximum atomic E-state index is 9.68. The van der Waals surface area contributed by atoms with Crippen molar-refractivity contribution in [3.63, 3.8) is 0 Å². The Labute approximate surface area is 138 Å². The van der Waals surface area contributed by atoms with Gasteiger partial charge in [-0.2, -0.15) is 0 Å². The van der Waals surface area contributed by atoms with Crippen LogP contribution in [0.4, 0.5) is 0 Å². The maximum Gasteiger partial charge on any atom is 0.121 e. The Balaban J connectivity index is 1.78. The summed E-state index contributed by atoms with van der Waals surface area (Å²) in [6.45, 7) is 4.52. The third-order valence-electron chi connectivity index (χ3n) is 4.91. The highest BCUT2D eigenvalue weighted by Crippen LogP contribution is 2.29. The summed E-state index contributed by atoms with van der Waals surface area (Å²) in [4.78, 5) is 2.56. The minimum Gasteiger partial charge on any atom is -0.508 e. The van der Waals surface area contributed by atoms with E-state index in [4.69, 9.17) is 0 Å². The zero-order valence-corrected chi connectivity index (χ0v) is 13.7. The van der Waals surface area contributed by atoms with Gasteiger partial charge in [0.05, 0.1) is 6.61 Å². The molecule has 0 radical (unpaired) electrons. The molecule has 1 atom stereocenters. The Bertz CT molecular complexity index is 645. The molecule has 0 saturated carbocycles. The number of aromatic hydroxyl groups is 1. The summed E-state index contributed by atoms with van der Waals surface area (Å²) in [5.74, 6) is 0.145. The molecule has 1 aliphatic rings. The van der Waals surface area contributed by atoms with Gasteiger partial charge in [-0.25, -0.2) is 0 Å². The molecule has 122 valence electrons. The van der Waals surface area contributed by atoms with Crippen LogP contribution in [0, 0.1) is 0 Å². The number of aliphatic hydroxyl groups is 1. The summed E-state index contributed by atoms with van der Waals surface area (Å²) in [6, 6.07) is 14.5. The molecule has 1 saturated heterocycles. The molecule has 1 heterocycles. The molecule has 1 aliphatic heterocycles. The van der Waals surface area contributed by atoms with E-state index in [1.165, 1.54) is 37.9 Å². The standard InChI is InChI=1S/C20H25NO2/c1-15(21-11-3-2-4-12-21)16-5-7-17(8-6-16)18-9-10-20(23)19(13-18)14-22/h5-10,13,15,22-23H,2-4,11-12,14H2,1H3/t15-/m1/s1. The van der Waals surface area contributed by atoms with Gasteiger partial charge in [0.1, 0.15) is 5.75 Å². The second-order valence-corrected chi connectivity index (χ2v) is 6.40. The fourth-order valence-corrected chi connectivity index (χ4v) is 3.36. The van der Waals surface area contributed by atoms with Crippen LogP contribution < -0.4 is 0 Å². The lowest BCUT2D eigenvalue weighted by atomic mass is 9.98. The van der Waals surface area contributed by atoms with Crippen LogP contribution in [-0.2, 0) is 6.61 Å². The lowest BCUT2D eigenvalue weighted by molar-refractivity contribution is 0.175. The van der Waals surface area contributed by atoms with Crippen molar-refractivity contribution in [1.82, 2.24) is 4.90 Å². The fraction of sp³-hybridized carbons (Fsp3) is 0.400. The highest BCUT2D eigenvalue weighted by Gasteiger charge is 2.18. The van der Waals surface area contributed by atoms with Crippen LogP contribution in [-0.4, -0.2) is 28.2 Å². The van der Waals surface area contributed by atoms with Gasteiger partial charge in [-0.15, -0.1) is 0 Å². The van der Waals surface area contributed by atoms with Crippen LogP contribution in [0.25, 0.3) is 11.1 Å². The molecule has 0 unspecified atom stereocenters. The molecule has 0 spiro atoms. The average Bonchev–Trinajstić information content (AvgIpc) is 2.62. The smallest absolute Gasteiger partial charge is 0.121 e. The van der Waals surface area contributed by atoms with Gasteiger partial charge < -0.3 is 10.2 Å². The first-order valence-corrected chi connectivity index (χ1v) is 8.46. The summed E-state index contributed by atoms with van der Waals surface area (Å²) < 4.78 is 0. The second-order valence-electron chi connectivity index (χ2n) is 6.40. The molecule has 0 bridgehead atoms. The number of nitrogens with zero attached hydrogens (tertiary/aromatic N) is 1. The number of phenols is 1. The van der Waals surface area contributed by atoms with Gasteiger partial charge in [0.2, 0.25) is 0 Å². The molecule has 2 aromatic rings. The van der Waals surface area contributed by atoms with Gasteiger partial charge in [0.25, 0.3) is 0 Å². The van der Waals surface area contributed by atoms with Crippen LogP contribution in [0.2, 0.25) is 0 Å². The summed E-state index contributed by atoms with van der Waals surface area (Å²) in [7, 11) is 0. The average molecular weight is 311 g/mol. The number of likely N-dealkylation sites (tertiary alicyclic amines) is 1. The third kappa shape index (κ3) is 3.57. The van der Waals surface area contributed by atoms with Gasteiger partial charge in [0, 0.05) is 11.6 Å². The Hall–Kier alpha value is -1.84. The minimum absolute atomic E-state index is 0.145. The largest absolute Gasteiger partial charge is 0.508 e. The highest BCUT2D eigenvalue weighted by molar-refractivity contribution is 5.66. The first-order valence-electron chi connectivity index (χ1n) is 8.46. The number of benzene rings is 2. The molecule has 0 aromatic heterocycles. The summed E-state index contributed by atoms with van der Waals surface area (Å²) in [5, 5.41) is 19.0. The number of aliphatic hydroxyl groups excluding tert-OH is 1. The number of rotatable bonds is 4. The Morgan fingerprint density at radius 1 is 0.957 bits per heavy atom. The third-order valence-corrected chi connectivity index (χ3v) is 4.91. The normalized spacial score (nSPS) is 17.1. The molecule has 23 heavy (non-hydrogen) atoms. The van der Waals surface area contributed by atoms with E-state index in [1.807, 2.05) is 12.1 Å². The molecule has 3 rings (SSSR count). The van der Waals surface area contributed by atoms with Crippen LogP contribution >= 0.6 is 0 Å². The summed E-state index contributed by atoms with van der Waals surface area (Å²) in [5.41, 5.74) is 4.03. The zero-order chi connectivity index (χ0) is 16.2. The van der Waals surface area contributed by atoms with Gasteiger partial charge >= 0.3 is 0 Å². The molecular weight excluding hydrogens is 286 g/mol. The van der Waals surface area contributed by atoms with E-state index in [2.05, 4.69) is 36.1 Å². The lowest BCUT2D eigenvalue weighted by Crippen LogP contribution is -2.32. The van der Waals surface area contributed by atoms with Crippen LogP contribution in [0.1, 0.15) is 43.4 Å². The van der Waals surface area contributed by atoms with Crippen LogP contribution in [0.15, 0.2) is 42.5 Å². The van der Waals surface area contributed by atoms with Crippen molar-refractivity contribution in [2.24, 2.45) is 0 Å². The van der Waals surface area contributed by atoms with Crippen molar-refractivity contribution in [2.75, 3.05) is 13.1 Å². The zero-order valence-electron chi connectivity index (χ0n) is 13.7. The van der Waals surface area contributed by atoms with E-state index in [0.29, 0.717) is 11.6 Å². The molecule has 3 nitrogen and oxygen atoms in total. The first kappa shape index (κ1) is 16.0. The molecule has 1 fully saturated rings. The quantitative estimate of drug-likeness (QED) is 0.893.